The van der Waals surface area contributed by atoms with Crippen LogP contribution in [-0.4, -0.2) is 36.4 Å². The third-order valence-corrected chi connectivity index (χ3v) is 3.46. The fourth-order valence-corrected chi connectivity index (χ4v) is 2.28. The van der Waals surface area contributed by atoms with Gasteiger partial charge in [-0.2, -0.15) is 0 Å². The van der Waals surface area contributed by atoms with Crippen molar-refractivity contribution >= 4 is 5.91 Å². The van der Waals surface area contributed by atoms with Gasteiger partial charge in [-0.1, -0.05) is 0 Å². The van der Waals surface area contributed by atoms with E-state index >= 15 is 0 Å². The number of nitrogens with one attached hydrogen (secondary N) is 1. The van der Waals surface area contributed by atoms with Crippen LogP contribution in [0.4, 0.5) is 0 Å². The van der Waals surface area contributed by atoms with Gasteiger partial charge < -0.3 is 19.9 Å². The third-order valence-electron chi connectivity index (χ3n) is 3.46. The molecule has 0 unspecified atom stereocenters. The summed E-state index contributed by atoms with van der Waals surface area (Å²) in [6.45, 7) is 1.24. The molecule has 1 aliphatic heterocycles. The molecule has 0 spiro atoms. The molecule has 0 saturated heterocycles. The number of hydrogen-bond acceptors (Lipinski definition) is 4. The van der Waals surface area contributed by atoms with Gasteiger partial charge >= 0.3 is 0 Å². The van der Waals surface area contributed by atoms with Crippen molar-refractivity contribution in [3.05, 3.63) is 23.8 Å². The number of ether oxygens (including phenoxy) is 2. The molecule has 0 bridgehead atoms. The summed E-state index contributed by atoms with van der Waals surface area (Å²) in [4.78, 5) is 12.0. The number of rotatable bonds is 2. The van der Waals surface area contributed by atoms with Crippen molar-refractivity contribution in [2.45, 2.75) is 31.4 Å². The fraction of sp³-hybridized carbons (Fsp3) is 0.500. The van der Waals surface area contributed by atoms with Gasteiger partial charge in [-0.15, -0.1) is 0 Å². The van der Waals surface area contributed by atoms with Gasteiger partial charge in [-0.25, -0.2) is 0 Å². The molecule has 3 rings (SSSR count). The molecule has 19 heavy (non-hydrogen) atoms. The first-order valence-corrected chi connectivity index (χ1v) is 6.61. The highest BCUT2D eigenvalue weighted by Crippen LogP contribution is 2.30. The highest BCUT2D eigenvalue weighted by Gasteiger charge is 2.28. The van der Waals surface area contributed by atoms with E-state index in [-0.39, 0.29) is 18.1 Å². The summed E-state index contributed by atoms with van der Waals surface area (Å²) in [7, 11) is 0. The summed E-state index contributed by atoms with van der Waals surface area (Å²) in [5.41, 5.74) is 0.561. The predicted molar refractivity (Wildman–Crippen MR) is 68.5 cm³/mol. The lowest BCUT2D eigenvalue weighted by atomic mass is 9.89. The first kappa shape index (κ1) is 12.3. The number of aliphatic hydroxyl groups excluding tert-OH is 1. The van der Waals surface area contributed by atoms with E-state index in [0.29, 0.717) is 43.1 Å². The molecule has 1 aromatic carbocycles. The van der Waals surface area contributed by atoms with E-state index in [4.69, 9.17) is 9.47 Å². The molecule has 102 valence electrons. The molecule has 1 aliphatic carbocycles. The maximum Gasteiger partial charge on any atom is 0.251 e. The number of hydrogen-bond donors (Lipinski definition) is 2. The molecule has 5 nitrogen and oxygen atoms in total. The molecule has 1 saturated carbocycles. The van der Waals surface area contributed by atoms with Gasteiger partial charge in [0.1, 0.15) is 0 Å². The van der Waals surface area contributed by atoms with Crippen LogP contribution in [0.25, 0.3) is 0 Å². The van der Waals surface area contributed by atoms with Crippen molar-refractivity contribution in [2.24, 2.45) is 0 Å². The number of benzene rings is 1. The Bertz CT molecular complexity index is 482. The maximum atomic E-state index is 12.0. The summed E-state index contributed by atoms with van der Waals surface area (Å²) in [6.07, 6.45) is 1.84. The molecule has 1 heterocycles. The van der Waals surface area contributed by atoms with E-state index < -0.39 is 0 Å². The Hall–Kier alpha value is -1.75. The van der Waals surface area contributed by atoms with Crippen molar-refractivity contribution in [1.29, 1.82) is 0 Å². The van der Waals surface area contributed by atoms with Gasteiger partial charge in [0.25, 0.3) is 5.91 Å². The van der Waals surface area contributed by atoms with Gasteiger partial charge in [0.15, 0.2) is 11.5 Å². The number of carbonyl (C=O) groups is 1. The van der Waals surface area contributed by atoms with Crippen LogP contribution in [0, 0.1) is 0 Å². The molecule has 2 N–H and O–H groups in total. The molecule has 1 aromatic rings. The quantitative estimate of drug-likeness (QED) is 0.838. The average Bonchev–Trinajstić information content (AvgIpc) is 2.61. The molecule has 2 aliphatic rings. The Kier molecular flexibility index (Phi) is 3.29. The largest absolute Gasteiger partial charge is 0.490 e. The highest BCUT2D eigenvalue weighted by atomic mass is 16.5. The second-order valence-electron chi connectivity index (χ2n) is 5.01. The van der Waals surface area contributed by atoms with E-state index in [2.05, 4.69) is 5.32 Å². The van der Waals surface area contributed by atoms with E-state index in [1.54, 1.807) is 18.2 Å². The first-order valence-electron chi connectivity index (χ1n) is 6.61. The summed E-state index contributed by atoms with van der Waals surface area (Å²) in [5, 5.41) is 12.1. The van der Waals surface area contributed by atoms with Gasteiger partial charge in [-0.3, -0.25) is 4.79 Å². The van der Waals surface area contributed by atoms with Crippen LogP contribution in [0.3, 0.4) is 0 Å². The van der Waals surface area contributed by atoms with Crippen LogP contribution in [0.5, 0.6) is 11.5 Å². The molecule has 5 heteroatoms. The summed E-state index contributed by atoms with van der Waals surface area (Å²) >= 11 is 0. The van der Waals surface area contributed by atoms with Crippen molar-refractivity contribution < 1.29 is 19.4 Å². The number of fused-ring (bicyclic) bond motifs is 1. The minimum Gasteiger partial charge on any atom is -0.490 e. The third kappa shape index (κ3) is 2.66. The first-order chi connectivity index (χ1) is 9.22. The minimum atomic E-state index is -0.269. The lowest BCUT2D eigenvalue weighted by Crippen LogP contribution is -2.46. The molecule has 0 aromatic heterocycles. The Morgan fingerprint density at radius 3 is 2.68 bits per heavy atom. The van der Waals surface area contributed by atoms with E-state index in [1.807, 2.05) is 0 Å². The fourth-order valence-electron chi connectivity index (χ4n) is 2.28. The topological polar surface area (TPSA) is 67.8 Å². The van der Waals surface area contributed by atoms with Crippen LogP contribution in [0.15, 0.2) is 18.2 Å². The van der Waals surface area contributed by atoms with Crippen LogP contribution < -0.4 is 14.8 Å². The van der Waals surface area contributed by atoms with Gasteiger partial charge in [0.2, 0.25) is 0 Å². The van der Waals surface area contributed by atoms with E-state index in [9.17, 15) is 9.90 Å². The second-order valence-corrected chi connectivity index (χ2v) is 5.01. The lowest BCUT2D eigenvalue weighted by Gasteiger charge is -2.31. The monoisotopic (exact) mass is 263 g/mol. The molecular formula is C14H17NO4. The van der Waals surface area contributed by atoms with Crippen molar-refractivity contribution in [1.82, 2.24) is 5.32 Å². The Balaban J connectivity index is 1.70. The van der Waals surface area contributed by atoms with Crippen molar-refractivity contribution in [3.63, 3.8) is 0 Å². The Morgan fingerprint density at radius 1 is 1.21 bits per heavy atom. The minimum absolute atomic E-state index is 0.0819. The highest BCUT2D eigenvalue weighted by molar-refractivity contribution is 5.95. The predicted octanol–water partition coefficient (Wildman–Crippen LogP) is 1.10. The van der Waals surface area contributed by atoms with E-state index in [0.717, 1.165) is 6.42 Å². The maximum absolute atomic E-state index is 12.0. The molecular weight excluding hydrogens is 246 g/mol. The van der Waals surface area contributed by atoms with Gasteiger partial charge in [0, 0.05) is 18.0 Å². The molecule has 1 fully saturated rings. The zero-order valence-electron chi connectivity index (χ0n) is 10.6. The zero-order chi connectivity index (χ0) is 13.2. The normalized spacial score (nSPS) is 25.1. The van der Waals surface area contributed by atoms with Gasteiger partial charge in [0.05, 0.1) is 19.3 Å². The summed E-state index contributed by atoms with van der Waals surface area (Å²) in [6, 6.07) is 5.30. The summed E-state index contributed by atoms with van der Waals surface area (Å²) < 4.78 is 11.1. The van der Waals surface area contributed by atoms with Gasteiger partial charge in [-0.05, 0) is 31.0 Å². The lowest BCUT2D eigenvalue weighted by molar-refractivity contribution is 0.0562. The summed E-state index contributed by atoms with van der Waals surface area (Å²) in [5.74, 6) is 1.18. The molecule has 1 amide bonds. The average molecular weight is 263 g/mol. The Labute approximate surface area is 111 Å². The van der Waals surface area contributed by atoms with Crippen LogP contribution in [-0.2, 0) is 0 Å². The molecule has 0 radical (unpaired) electrons. The smallest absolute Gasteiger partial charge is 0.251 e. The van der Waals surface area contributed by atoms with E-state index in [1.165, 1.54) is 0 Å². The van der Waals surface area contributed by atoms with Crippen LogP contribution in [0.1, 0.15) is 29.6 Å². The second kappa shape index (κ2) is 5.09. The van der Waals surface area contributed by atoms with Crippen LogP contribution >= 0.6 is 0 Å². The van der Waals surface area contributed by atoms with Crippen LogP contribution in [0.2, 0.25) is 0 Å². The van der Waals surface area contributed by atoms with Crippen molar-refractivity contribution in [2.75, 3.05) is 13.2 Å². The Morgan fingerprint density at radius 2 is 1.95 bits per heavy atom. The van der Waals surface area contributed by atoms with Crippen molar-refractivity contribution in [3.8, 4) is 11.5 Å². The zero-order valence-corrected chi connectivity index (χ0v) is 10.6. The number of aliphatic hydroxyl groups is 1. The number of carbonyl (C=O) groups excluding carboxylic acids is 1. The number of amides is 1. The SMILES string of the molecule is O=C(NC1CC(O)C1)c1ccc2c(c1)OCCCO2. The standard InChI is InChI=1S/C14H17NO4/c16-11-7-10(8-11)15-14(17)9-2-3-12-13(6-9)19-5-1-4-18-12/h2-3,6,10-11,16H,1,4-5,7-8H2,(H,15,17). The molecule has 0 atom stereocenters.